The van der Waals surface area contributed by atoms with E-state index >= 15 is 0 Å². The van der Waals surface area contributed by atoms with Gasteiger partial charge in [0.2, 0.25) is 11.8 Å². The Morgan fingerprint density at radius 2 is 1.65 bits per heavy atom. The number of ether oxygens (including phenoxy) is 3. The summed E-state index contributed by atoms with van der Waals surface area (Å²) in [7, 11) is 2.96. The van der Waals surface area contributed by atoms with Gasteiger partial charge < -0.3 is 19.5 Å². The Balaban J connectivity index is 1.25. The third-order valence-corrected chi connectivity index (χ3v) is 8.66. The molecule has 3 amide bonds. The number of alkyl halides is 2. The summed E-state index contributed by atoms with van der Waals surface area (Å²) >= 11 is 12.8. The second kappa shape index (κ2) is 9.87. The summed E-state index contributed by atoms with van der Waals surface area (Å²) in [6, 6.07) is 10.9. The van der Waals surface area contributed by atoms with Crippen molar-refractivity contribution in [3.05, 3.63) is 48.0 Å². The third-order valence-electron chi connectivity index (χ3n) is 7.34. The molecule has 1 aliphatic heterocycles. The number of hydrogen-bond donors (Lipinski definition) is 1. The molecule has 1 heterocycles. The average Bonchev–Trinajstić information content (AvgIpc) is 3.52. The van der Waals surface area contributed by atoms with Crippen molar-refractivity contribution in [3.63, 3.8) is 0 Å². The van der Waals surface area contributed by atoms with Gasteiger partial charge in [0.05, 0.1) is 53.7 Å². The van der Waals surface area contributed by atoms with Crippen molar-refractivity contribution in [1.82, 2.24) is 0 Å². The summed E-state index contributed by atoms with van der Waals surface area (Å²) in [5.74, 6) is -2.35. The molecule has 2 aromatic carbocycles. The number of amides is 3. The maximum absolute atomic E-state index is 13.2. The molecule has 2 saturated carbocycles. The van der Waals surface area contributed by atoms with E-state index < -0.39 is 30.3 Å². The molecule has 0 radical (unpaired) electrons. The lowest BCUT2D eigenvalue weighted by Gasteiger charge is -2.28. The summed E-state index contributed by atoms with van der Waals surface area (Å²) in [4.78, 5) is 52.6. The number of carbonyl (C=O) groups excluding carboxylic acids is 4. The van der Waals surface area contributed by atoms with E-state index in [2.05, 4.69) is 5.32 Å². The van der Waals surface area contributed by atoms with E-state index in [4.69, 9.17) is 37.4 Å². The first-order valence-electron chi connectivity index (χ1n) is 11.7. The van der Waals surface area contributed by atoms with Crippen LogP contribution in [-0.2, 0) is 19.1 Å². The van der Waals surface area contributed by atoms with Crippen LogP contribution >= 0.6 is 23.2 Å². The molecule has 3 fully saturated rings. The van der Waals surface area contributed by atoms with Gasteiger partial charge in [0, 0.05) is 6.07 Å². The Labute approximate surface area is 222 Å². The number of methoxy groups -OCH3 is 2. The van der Waals surface area contributed by atoms with Crippen LogP contribution in [0.15, 0.2) is 42.5 Å². The second-order valence-electron chi connectivity index (χ2n) is 9.26. The van der Waals surface area contributed by atoms with E-state index in [0.717, 1.165) is 4.90 Å². The maximum Gasteiger partial charge on any atom is 0.338 e. The molecular weight excluding hydrogens is 523 g/mol. The Kier molecular flexibility index (Phi) is 6.76. The van der Waals surface area contributed by atoms with Crippen molar-refractivity contribution < 1.29 is 33.4 Å². The zero-order valence-corrected chi connectivity index (χ0v) is 21.5. The van der Waals surface area contributed by atoms with Crippen LogP contribution in [0.4, 0.5) is 11.4 Å². The standard InChI is InChI=1S/C26H24Cl2N2O7/c1-35-14-6-7-17(18(9-14)36-2)29-19(31)11-37-26(34)12-4-3-5-13(8-12)30-24(32)20-15-10-16(21(20)25(30)33)23(28)22(15)27/h3-9,15-16,20-23H,10-11H2,1-2H3,(H,29,31)/t15-,16-,20-,21+,22+,23+/m1/s1. The normalized spacial score (nSPS) is 27.7. The monoisotopic (exact) mass is 546 g/mol. The van der Waals surface area contributed by atoms with E-state index in [9.17, 15) is 19.2 Å². The Morgan fingerprint density at radius 1 is 0.973 bits per heavy atom. The van der Waals surface area contributed by atoms with Crippen LogP contribution < -0.4 is 19.7 Å². The van der Waals surface area contributed by atoms with Crippen LogP contribution in [0.25, 0.3) is 0 Å². The highest BCUT2D eigenvalue weighted by atomic mass is 35.5. The number of fused-ring (bicyclic) bond motifs is 5. The molecule has 1 saturated heterocycles. The smallest absolute Gasteiger partial charge is 0.338 e. The average molecular weight is 547 g/mol. The van der Waals surface area contributed by atoms with Gasteiger partial charge in [-0.05, 0) is 48.6 Å². The van der Waals surface area contributed by atoms with Crippen LogP contribution in [-0.4, -0.2) is 55.3 Å². The maximum atomic E-state index is 13.2. The molecule has 9 nitrogen and oxygen atoms in total. The molecule has 194 valence electrons. The lowest BCUT2D eigenvalue weighted by molar-refractivity contribution is -0.123. The Bertz CT molecular complexity index is 1250. The van der Waals surface area contributed by atoms with Gasteiger partial charge in [0.1, 0.15) is 11.5 Å². The van der Waals surface area contributed by atoms with Gasteiger partial charge >= 0.3 is 5.97 Å². The van der Waals surface area contributed by atoms with Gasteiger partial charge in [0.15, 0.2) is 6.61 Å². The van der Waals surface area contributed by atoms with Gasteiger partial charge in [-0.15, -0.1) is 23.2 Å². The van der Waals surface area contributed by atoms with Crippen molar-refractivity contribution in [3.8, 4) is 11.5 Å². The molecular formula is C26H24Cl2N2O7. The summed E-state index contributed by atoms with van der Waals surface area (Å²) < 4.78 is 15.5. The van der Waals surface area contributed by atoms with Crippen LogP contribution in [0.1, 0.15) is 16.8 Å². The molecule has 0 spiro atoms. The van der Waals surface area contributed by atoms with E-state index in [1.54, 1.807) is 30.3 Å². The number of rotatable bonds is 7. The van der Waals surface area contributed by atoms with Crippen LogP contribution in [0.5, 0.6) is 11.5 Å². The first-order chi connectivity index (χ1) is 17.7. The number of carbonyl (C=O) groups is 4. The SMILES string of the molecule is COc1ccc(NC(=O)COC(=O)c2cccc(N3C(=O)[C@@H]4[C@H]5C[C@@H]([C@H](Cl)[C@H]5Cl)[C@@H]4C3=O)c2)c(OC)c1. The number of nitrogens with one attached hydrogen (secondary N) is 1. The predicted octanol–water partition coefficient (Wildman–Crippen LogP) is 3.47. The van der Waals surface area contributed by atoms with Crippen LogP contribution in [0.2, 0.25) is 0 Å². The molecule has 2 aromatic rings. The summed E-state index contributed by atoms with van der Waals surface area (Å²) in [6.45, 7) is -0.554. The van der Waals surface area contributed by atoms with E-state index in [-0.39, 0.29) is 45.7 Å². The number of anilines is 2. The molecule has 2 bridgehead atoms. The number of hydrogen-bond acceptors (Lipinski definition) is 7. The molecule has 11 heteroatoms. The summed E-state index contributed by atoms with van der Waals surface area (Å²) in [5, 5.41) is 1.91. The molecule has 2 aliphatic carbocycles. The fraction of sp³-hybridized carbons (Fsp3) is 0.385. The lowest BCUT2D eigenvalue weighted by atomic mass is 9.80. The molecule has 5 rings (SSSR count). The van der Waals surface area contributed by atoms with Crippen LogP contribution in [0, 0.1) is 23.7 Å². The van der Waals surface area contributed by atoms with Gasteiger partial charge in [-0.25, -0.2) is 4.79 Å². The van der Waals surface area contributed by atoms with Gasteiger partial charge in [-0.2, -0.15) is 0 Å². The molecule has 37 heavy (non-hydrogen) atoms. The molecule has 0 aromatic heterocycles. The lowest BCUT2D eigenvalue weighted by Crippen LogP contribution is -2.37. The second-order valence-corrected chi connectivity index (χ2v) is 10.3. The van der Waals surface area contributed by atoms with Crippen molar-refractivity contribution in [2.75, 3.05) is 31.0 Å². The first-order valence-corrected chi connectivity index (χ1v) is 12.6. The number of esters is 1. The van der Waals surface area contributed by atoms with E-state index in [1.165, 1.54) is 26.4 Å². The molecule has 0 unspecified atom stereocenters. The highest BCUT2D eigenvalue weighted by Gasteiger charge is 2.66. The topological polar surface area (TPSA) is 111 Å². The van der Waals surface area contributed by atoms with E-state index in [1.807, 2.05) is 0 Å². The van der Waals surface area contributed by atoms with Gasteiger partial charge in [-0.1, -0.05) is 6.07 Å². The summed E-state index contributed by atoms with van der Waals surface area (Å²) in [5.41, 5.74) is 0.747. The first kappa shape index (κ1) is 25.4. The fourth-order valence-corrected chi connectivity index (χ4v) is 6.57. The minimum Gasteiger partial charge on any atom is -0.497 e. The predicted molar refractivity (Wildman–Crippen MR) is 135 cm³/mol. The quantitative estimate of drug-likeness (QED) is 0.321. The number of benzene rings is 2. The van der Waals surface area contributed by atoms with Gasteiger partial charge in [0.25, 0.3) is 5.91 Å². The number of nitrogens with zero attached hydrogens (tertiary/aromatic N) is 1. The Hall–Kier alpha value is -3.30. The minimum atomic E-state index is -0.778. The largest absolute Gasteiger partial charge is 0.497 e. The zero-order chi connectivity index (χ0) is 26.4. The molecule has 1 N–H and O–H groups in total. The molecule has 3 aliphatic rings. The van der Waals surface area contributed by atoms with Crippen molar-refractivity contribution in [1.29, 1.82) is 0 Å². The Morgan fingerprint density at radius 3 is 2.27 bits per heavy atom. The highest BCUT2D eigenvalue weighted by Crippen LogP contribution is 2.59. The minimum absolute atomic E-state index is 0.0957. The van der Waals surface area contributed by atoms with E-state index in [0.29, 0.717) is 23.6 Å². The van der Waals surface area contributed by atoms with Crippen molar-refractivity contribution in [2.24, 2.45) is 23.7 Å². The zero-order valence-electron chi connectivity index (χ0n) is 20.0. The van der Waals surface area contributed by atoms with Gasteiger partial charge in [-0.3, -0.25) is 19.3 Å². The third kappa shape index (κ3) is 4.30. The number of imide groups is 1. The number of halogens is 2. The fourth-order valence-electron chi connectivity index (χ4n) is 5.68. The summed E-state index contributed by atoms with van der Waals surface area (Å²) in [6.07, 6.45) is 0.666. The van der Waals surface area contributed by atoms with Crippen molar-refractivity contribution >= 4 is 58.3 Å². The van der Waals surface area contributed by atoms with Crippen molar-refractivity contribution in [2.45, 2.75) is 17.2 Å². The highest BCUT2D eigenvalue weighted by molar-refractivity contribution is 6.32. The van der Waals surface area contributed by atoms with Crippen LogP contribution in [0.3, 0.4) is 0 Å². The molecule has 6 atom stereocenters.